The molecule has 1 atom stereocenters. The first-order valence-corrected chi connectivity index (χ1v) is 6.64. The van der Waals surface area contributed by atoms with Gasteiger partial charge in [-0.05, 0) is 37.9 Å². The Bertz CT molecular complexity index is 659. The predicted molar refractivity (Wildman–Crippen MR) is 82.7 cm³/mol. The molecule has 1 amide bonds. The molecule has 4 heteroatoms. The minimum Gasteiger partial charge on any atom is -0.324 e. The maximum Gasteiger partial charge on any atom is 0.246 e. The summed E-state index contributed by atoms with van der Waals surface area (Å²) in [5.41, 5.74) is 2.08. The first-order chi connectivity index (χ1) is 10.1. The fourth-order valence-corrected chi connectivity index (χ4v) is 2.20. The summed E-state index contributed by atoms with van der Waals surface area (Å²) in [5.74, 6) is -0.124. The lowest BCUT2D eigenvalue weighted by atomic mass is 10.1. The zero-order chi connectivity index (χ0) is 15.2. The van der Waals surface area contributed by atoms with Crippen molar-refractivity contribution in [1.29, 1.82) is 5.26 Å². The van der Waals surface area contributed by atoms with Gasteiger partial charge in [-0.1, -0.05) is 36.4 Å². The lowest BCUT2D eigenvalue weighted by Crippen LogP contribution is -2.32. The number of benzene rings is 2. The molecule has 0 aromatic heterocycles. The molecule has 0 saturated heterocycles. The van der Waals surface area contributed by atoms with Gasteiger partial charge in [0.1, 0.15) is 6.04 Å². The zero-order valence-corrected chi connectivity index (χ0v) is 12.1. The Hall–Kier alpha value is -2.64. The smallest absolute Gasteiger partial charge is 0.246 e. The van der Waals surface area contributed by atoms with Gasteiger partial charge in [-0.2, -0.15) is 5.26 Å². The Morgan fingerprint density at radius 1 is 1.14 bits per heavy atom. The van der Waals surface area contributed by atoms with Crippen LogP contribution in [0.3, 0.4) is 0 Å². The summed E-state index contributed by atoms with van der Waals surface area (Å²) < 4.78 is 0. The van der Waals surface area contributed by atoms with E-state index < -0.39 is 0 Å². The van der Waals surface area contributed by atoms with Crippen molar-refractivity contribution in [3.8, 4) is 6.07 Å². The number of nitrogens with zero attached hydrogens (tertiary/aromatic N) is 2. The summed E-state index contributed by atoms with van der Waals surface area (Å²) in [6, 6.07) is 18.2. The van der Waals surface area contributed by atoms with Gasteiger partial charge in [-0.25, -0.2) is 0 Å². The molecule has 0 heterocycles. The van der Waals surface area contributed by atoms with Crippen LogP contribution in [-0.2, 0) is 4.79 Å². The van der Waals surface area contributed by atoms with Gasteiger partial charge >= 0.3 is 0 Å². The number of carbonyl (C=O) groups is 1. The topological polar surface area (TPSA) is 56.1 Å². The van der Waals surface area contributed by atoms with E-state index in [1.807, 2.05) is 49.3 Å². The molecule has 0 spiro atoms. The fraction of sp³-hybridized carbons (Fsp3) is 0.176. The summed E-state index contributed by atoms with van der Waals surface area (Å²) in [6.07, 6.45) is 0. The lowest BCUT2D eigenvalue weighted by Gasteiger charge is -2.23. The van der Waals surface area contributed by atoms with E-state index >= 15 is 0 Å². The third-order valence-electron chi connectivity index (χ3n) is 3.14. The highest BCUT2D eigenvalue weighted by molar-refractivity contribution is 5.95. The van der Waals surface area contributed by atoms with Gasteiger partial charge in [-0.15, -0.1) is 0 Å². The minimum absolute atomic E-state index is 0.124. The van der Waals surface area contributed by atoms with Crippen LogP contribution < -0.4 is 5.32 Å². The van der Waals surface area contributed by atoms with Crippen molar-refractivity contribution in [2.75, 3.05) is 19.4 Å². The second-order valence-electron chi connectivity index (χ2n) is 4.96. The Morgan fingerprint density at radius 2 is 1.86 bits per heavy atom. The molecular formula is C17H17N3O. The molecule has 21 heavy (non-hydrogen) atoms. The number of carbonyl (C=O) groups excluding carboxylic acids is 1. The van der Waals surface area contributed by atoms with Crippen LogP contribution in [0.2, 0.25) is 0 Å². The van der Waals surface area contributed by atoms with Crippen LogP contribution >= 0.6 is 0 Å². The van der Waals surface area contributed by atoms with Crippen LogP contribution in [0.5, 0.6) is 0 Å². The van der Waals surface area contributed by atoms with E-state index in [4.69, 9.17) is 5.26 Å². The minimum atomic E-state index is -0.378. The second kappa shape index (κ2) is 6.69. The number of anilines is 1. The van der Waals surface area contributed by atoms with E-state index in [0.29, 0.717) is 11.3 Å². The normalized spacial score (nSPS) is 11.7. The summed E-state index contributed by atoms with van der Waals surface area (Å²) >= 11 is 0. The standard InChI is InChI=1S/C17H17N3O/c1-20(2)16(14-8-4-3-5-9-14)17(21)19-15-10-6-7-13(11-15)12-18/h3-11,16H,1-2H3,(H,19,21). The molecule has 0 saturated carbocycles. The largest absolute Gasteiger partial charge is 0.324 e. The van der Waals surface area contributed by atoms with E-state index in [0.717, 1.165) is 5.56 Å². The van der Waals surface area contributed by atoms with E-state index in [-0.39, 0.29) is 11.9 Å². The lowest BCUT2D eigenvalue weighted by molar-refractivity contribution is -0.120. The van der Waals surface area contributed by atoms with Gasteiger partial charge in [0.25, 0.3) is 0 Å². The van der Waals surface area contributed by atoms with Gasteiger partial charge in [0.15, 0.2) is 0 Å². The Morgan fingerprint density at radius 3 is 2.48 bits per heavy atom. The van der Waals surface area contributed by atoms with Crippen molar-refractivity contribution in [3.05, 3.63) is 65.7 Å². The van der Waals surface area contributed by atoms with Gasteiger partial charge in [-0.3, -0.25) is 9.69 Å². The van der Waals surface area contributed by atoms with Crippen LogP contribution in [0.15, 0.2) is 54.6 Å². The van der Waals surface area contributed by atoms with Gasteiger partial charge < -0.3 is 5.32 Å². The number of rotatable bonds is 4. The van der Waals surface area contributed by atoms with Crippen LogP contribution in [0, 0.1) is 11.3 Å². The molecule has 2 aromatic rings. The van der Waals surface area contributed by atoms with Crippen LogP contribution in [0.1, 0.15) is 17.2 Å². The number of amides is 1. The third kappa shape index (κ3) is 3.68. The van der Waals surface area contributed by atoms with E-state index in [2.05, 4.69) is 11.4 Å². The Labute approximate surface area is 124 Å². The summed E-state index contributed by atoms with van der Waals surface area (Å²) in [5, 5.41) is 11.8. The predicted octanol–water partition coefficient (Wildman–Crippen LogP) is 2.80. The summed E-state index contributed by atoms with van der Waals surface area (Å²) in [6.45, 7) is 0. The SMILES string of the molecule is CN(C)C(C(=O)Nc1cccc(C#N)c1)c1ccccc1. The van der Waals surface area contributed by atoms with E-state index in [1.54, 1.807) is 24.3 Å². The molecule has 2 aromatic carbocycles. The Balaban J connectivity index is 2.22. The second-order valence-corrected chi connectivity index (χ2v) is 4.96. The van der Waals surface area contributed by atoms with Crippen LogP contribution in [-0.4, -0.2) is 24.9 Å². The first kappa shape index (κ1) is 14.8. The van der Waals surface area contributed by atoms with Crippen molar-refractivity contribution < 1.29 is 4.79 Å². The van der Waals surface area contributed by atoms with E-state index in [9.17, 15) is 4.79 Å². The summed E-state index contributed by atoms with van der Waals surface area (Å²) in [7, 11) is 3.73. The molecule has 106 valence electrons. The van der Waals surface area contributed by atoms with Crippen molar-refractivity contribution >= 4 is 11.6 Å². The number of likely N-dealkylation sites (N-methyl/N-ethyl adjacent to an activating group) is 1. The first-order valence-electron chi connectivity index (χ1n) is 6.64. The quantitative estimate of drug-likeness (QED) is 0.936. The number of hydrogen-bond acceptors (Lipinski definition) is 3. The molecule has 4 nitrogen and oxygen atoms in total. The summed E-state index contributed by atoms with van der Waals surface area (Å²) in [4.78, 5) is 14.4. The molecule has 0 aliphatic rings. The maximum absolute atomic E-state index is 12.5. The molecule has 0 aliphatic heterocycles. The highest BCUT2D eigenvalue weighted by atomic mass is 16.2. The molecule has 0 radical (unpaired) electrons. The third-order valence-corrected chi connectivity index (χ3v) is 3.14. The van der Waals surface area contributed by atoms with Crippen molar-refractivity contribution in [2.24, 2.45) is 0 Å². The maximum atomic E-state index is 12.5. The van der Waals surface area contributed by atoms with Gasteiger partial charge in [0, 0.05) is 5.69 Å². The average molecular weight is 279 g/mol. The average Bonchev–Trinajstić information content (AvgIpc) is 2.48. The van der Waals surface area contributed by atoms with Crippen molar-refractivity contribution in [2.45, 2.75) is 6.04 Å². The Kier molecular flexibility index (Phi) is 4.70. The number of hydrogen-bond donors (Lipinski definition) is 1. The van der Waals surface area contributed by atoms with Crippen LogP contribution in [0.4, 0.5) is 5.69 Å². The van der Waals surface area contributed by atoms with Crippen LogP contribution in [0.25, 0.3) is 0 Å². The molecular weight excluding hydrogens is 262 g/mol. The zero-order valence-electron chi connectivity index (χ0n) is 12.1. The highest BCUT2D eigenvalue weighted by Crippen LogP contribution is 2.20. The fourth-order valence-electron chi connectivity index (χ4n) is 2.20. The highest BCUT2D eigenvalue weighted by Gasteiger charge is 2.22. The molecule has 1 unspecified atom stereocenters. The molecule has 0 bridgehead atoms. The molecule has 2 rings (SSSR count). The molecule has 0 aliphatic carbocycles. The van der Waals surface area contributed by atoms with Gasteiger partial charge in [0.2, 0.25) is 5.91 Å². The monoisotopic (exact) mass is 279 g/mol. The number of nitrogens with one attached hydrogen (secondary N) is 1. The molecule has 1 N–H and O–H groups in total. The molecule has 0 fully saturated rings. The van der Waals surface area contributed by atoms with Gasteiger partial charge in [0.05, 0.1) is 11.6 Å². The van der Waals surface area contributed by atoms with E-state index in [1.165, 1.54) is 0 Å². The number of nitriles is 1. The van der Waals surface area contributed by atoms with Crippen molar-refractivity contribution in [3.63, 3.8) is 0 Å². The van der Waals surface area contributed by atoms with Crippen molar-refractivity contribution in [1.82, 2.24) is 4.90 Å².